The van der Waals surface area contributed by atoms with E-state index < -0.39 is 4.92 Å². The number of carbonyl (C=O) groups is 1. The van der Waals surface area contributed by atoms with Gasteiger partial charge in [-0.05, 0) is 39.9 Å². The van der Waals surface area contributed by atoms with Gasteiger partial charge in [0.25, 0.3) is 11.6 Å². The topological polar surface area (TPSA) is 72.2 Å². The van der Waals surface area contributed by atoms with E-state index in [1.165, 1.54) is 12.1 Å². The first-order valence-electron chi connectivity index (χ1n) is 6.05. The minimum Gasteiger partial charge on any atom is -0.352 e. The molecular formula is C13H17BrN2O3. The number of nitrogens with zero attached hydrogens (tertiary/aromatic N) is 1. The number of halogens is 1. The quantitative estimate of drug-likeness (QED) is 0.665. The molecule has 1 amide bonds. The van der Waals surface area contributed by atoms with Gasteiger partial charge in [-0.2, -0.15) is 0 Å². The van der Waals surface area contributed by atoms with Gasteiger partial charge >= 0.3 is 0 Å². The average molecular weight is 329 g/mol. The summed E-state index contributed by atoms with van der Waals surface area (Å²) in [7, 11) is 0. The van der Waals surface area contributed by atoms with E-state index in [2.05, 4.69) is 42.0 Å². The summed E-state index contributed by atoms with van der Waals surface area (Å²) in [6.45, 7) is 6.78. The van der Waals surface area contributed by atoms with Crippen LogP contribution in [0.1, 0.15) is 31.1 Å². The van der Waals surface area contributed by atoms with Gasteiger partial charge in [-0.3, -0.25) is 14.9 Å². The maximum absolute atomic E-state index is 11.9. The van der Waals surface area contributed by atoms with Crippen molar-refractivity contribution in [1.29, 1.82) is 0 Å². The highest BCUT2D eigenvalue weighted by Crippen LogP contribution is 2.25. The van der Waals surface area contributed by atoms with Crippen LogP contribution >= 0.6 is 15.9 Å². The normalized spacial score (nSPS) is 12.3. The maximum atomic E-state index is 11.9. The molecule has 1 atom stereocenters. The Kier molecular flexibility index (Phi) is 5.47. The average Bonchev–Trinajstić information content (AvgIpc) is 2.35. The molecule has 0 fully saturated rings. The third kappa shape index (κ3) is 4.31. The summed E-state index contributed by atoms with van der Waals surface area (Å²) in [5, 5.41) is 13.6. The minimum absolute atomic E-state index is 0.107. The fourth-order valence-electron chi connectivity index (χ4n) is 1.39. The van der Waals surface area contributed by atoms with E-state index in [0.29, 0.717) is 28.4 Å². The van der Waals surface area contributed by atoms with Crippen molar-refractivity contribution >= 4 is 27.5 Å². The predicted octanol–water partition coefficient (Wildman–Crippen LogP) is 3.38. The lowest BCUT2D eigenvalue weighted by Crippen LogP contribution is -2.30. The van der Waals surface area contributed by atoms with Crippen LogP contribution in [0.25, 0.3) is 0 Å². The third-order valence-electron chi connectivity index (χ3n) is 3.13. The Hall–Kier alpha value is -1.43. The van der Waals surface area contributed by atoms with Crippen molar-refractivity contribution in [2.45, 2.75) is 20.8 Å². The van der Waals surface area contributed by atoms with Crippen LogP contribution in [0.4, 0.5) is 5.69 Å². The molecule has 0 aliphatic carbocycles. The van der Waals surface area contributed by atoms with Gasteiger partial charge in [-0.15, -0.1) is 0 Å². The second-order valence-electron chi connectivity index (χ2n) is 4.85. The number of nitrogens with one attached hydrogen (secondary N) is 1. The van der Waals surface area contributed by atoms with Crippen molar-refractivity contribution in [3.8, 4) is 0 Å². The molecule has 0 aliphatic heterocycles. The first kappa shape index (κ1) is 15.6. The Morgan fingerprint density at radius 3 is 2.58 bits per heavy atom. The molecule has 0 saturated carbocycles. The van der Waals surface area contributed by atoms with Crippen LogP contribution in [0.5, 0.6) is 0 Å². The summed E-state index contributed by atoms with van der Waals surface area (Å²) in [4.78, 5) is 22.2. The fraction of sp³-hybridized carbons (Fsp3) is 0.462. The third-order valence-corrected chi connectivity index (χ3v) is 3.80. The molecule has 5 nitrogen and oxygen atoms in total. The largest absolute Gasteiger partial charge is 0.352 e. The first-order valence-corrected chi connectivity index (χ1v) is 6.84. The van der Waals surface area contributed by atoms with Gasteiger partial charge in [-0.1, -0.05) is 20.8 Å². The summed E-state index contributed by atoms with van der Waals surface area (Å²) in [6, 6.07) is 4.35. The number of carbonyl (C=O) groups excluding carboxylic acids is 1. The van der Waals surface area contributed by atoms with E-state index >= 15 is 0 Å². The molecule has 6 heteroatoms. The van der Waals surface area contributed by atoms with Crippen LogP contribution in [0, 0.1) is 22.0 Å². The number of hydrogen-bond donors (Lipinski definition) is 1. The van der Waals surface area contributed by atoms with E-state index in [9.17, 15) is 14.9 Å². The SMILES string of the molecule is CC(C)C(C)CNC(=O)c1ccc(Br)c([N+](=O)[O-])c1. The zero-order valence-electron chi connectivity index (χ0n) is 11.1. The van der Waals surface area contributed by atoms with E-state index in [1.807, 2.05) is 0 Å². The predicted molar refractivity (Wildman–Crippen MR) is 77.1 cm³/mol. The molecule has 1 rings (SSSR count). The molecule has 0 saturated heterocycles. The Bertz CT molecular complexity index is 489. The van der Waals surface area contributed by atoms with Crippen LogP contribution in [-0.2, 0) is 0 Å². The van der Waals surface area contributed by atoms with Gasteiger partial charge in [-0.25, -0.2) is 0 Å². The van der Waals surface area contributed by atoms with Crippen LogP contribution < -0.4 is 5.32 Å². The number of amides is 1. The number of hydrogen-bond acceptors (Lipinski definition) is 3. The Morgan fingerprint density at radius 1 is 1.42 bits per heavy atom. The number of rotatable bonds is 5. The Morgan fingerprint density at radius 2 is 2.05 bits per heavy atom. The Labute approximate surface area is 120 Å². The standard InChI is InChI=1S/C13H17BrN2O3/c1-8(2)9(3)7-15-13(17)10-4-5-11(14)12(6-10)16(18)19/h4-6,8-9H,7H2,1-3H3,(H,15,17). The molecule has 1 aromatic rings. The van der Waals surface area contributed by atoms with E-state index in [-0.39, 0.29) is 11.6 Å². The molecular weight excluding hydrogens is 312 g/mol. The Balaban J connectivity index is 2.78. The number of nitro benzene ring substituents is 1. The zero-order chi connectivity index (χ0) is 14.6. The summed E-state index contributed by atoms with van der Waals surface area (Å²) in [5.74, 6) is 0.539. The highest BCUT2D eigenvalue weighted by molar-refractivity contribution is 9.10. The molecule has 0 spiro atoms. The zero-order valence-corrected chi connectivity index (χ0v) is 12.7. The van der Waals surface area contributed by atoms with Gasteiger partial charge in [0.15, 0.2) is 0 Å². The smallest absolute Gasteiger partial charge is 0.284 e. The molecule has 1 aromatic carbocycles. The van der Waals surface area contributed by atoms with Crippen molar-refractivity contribution in [3.63, 3.8) is 0 Å². The summed E-state index contributed by atoms with van der Waals surface area (Å²) < 4.78 is 0.365. The monoisotopic (exact) mass is 328 g/mol. The van der Waals surface area contributed by atoms with Crippen LogP contribution in [0.2, 0.25) is 0 Å². The van der Waals surface area contributed by atoms with Crippen molar-refractivity contribution < 1.29 is 9.72 Å². The van der Waals surface area contributed by atoms with Crippen molar-refractivity contribution in [2.75, 3.05) is 6.54 Å². The van der Waals surface area contributed by atoms with Crippen LogP contribution in [-0.4, -0.2) is 17.4 Å². The molecule has 1 N–H and O–H groups in total. The van der Waals surface area contributed by atoms with Crippen molar-refractivity contribution in [3.05, 3.63) is 38.3 Å². The highest BCUT2D eigenvalue weighted by atomic mass is 79.9. The second kappa shape index (κ2) is 6.65. The van der Waals surface area contributed by atoms with Gasteiger partial charge in [0.2, 0.25) is 0 Å². The maximum Gasteiger partial charge on any atom is 0.284 e. The molecule has 0 aromatic heterocycles. The fourth-order valence-corrected chi connectivity index (χ4v) is 1.78. The summed E-state index contributed by atoms with van der Waals surface area (Å²) in [5.41, 5.74) is 0.190. The molecule has 19 heavy (non-hydrogen) atoms. The number of nitro groups is 1. The second-order valence-corrected chi connectivity index (χ2v) is 5.71. The molecule has 0 aliphatic rings. The highest BCUT2D eigenvalue weighted by Gasteiger charge is 2.16. The van der Waals surface area contributed by atoms with Crippen LogP contribution in [0.3, 0.4) is 0 Å². The first-order chi connectivity index (χ1) is 8.82. The lowest BCUT2D eigenvalue weighted by molar-refractivity contribution is -0.385. The summed E-state index contributed by atoms with van der Waals surface area (Å²) in [6.07, 6.45) is 0. The lowest BCUT2D eigenvalue weighted by Gasteiger charge is -2.16. The summed E-state index contributed by atoms with van der Waals surface area (Å²) >= 11 is 3.09. The van der Waals surface area contributed by atoms with Gasteiger partial charge in [0.05, 0.1) is 9.40 Å². The minimum atomic E-state index is -0.516. The van der Waals surface area contributed by atoms with Crippen molar-refractivity contribution in [2.24, 2.45) is 11.8 Å². The number of benzene rings is 1. The molecule has 0 heterocycles. The lowest BCUT2D eigenvalue weighted by atomic mass is 9.98. The van der Waals surface area contributed by atoms with Gasteiger partial charge in [0, 0.05) is 18.2 Å². The van der Waals surface area contributed by atoms with Gasteiger partial charge < -0.3 is 5.32 Å². The molecule has 0 bridgehead atoms. The van der Waals surface area contributed by atoms with E-state index in [0.717, 1.165) is 0 Å². The van der Waals surface area contributed by atoms with Crippen molar-refractivity contribution in [1.82, 2.24) is 5.32 Å². The molecule has 104 valence electrons. The van der Waals surface area contributed by atoms with Crippen LogP contribution in [0.15, 0.2) is 22.7 Å². The van der Waals surface area contributed by atoms with E-state index in [1.54, 1.807) is 6.07 Å². The molecule has 1 unspecified atom stereocenters. The van der Waals surface area contributed by atoms with E-state index in [4.69, 9.17) is 0 Å². The molecule has 0 radical (unpaired) electrons. The van der Waals surface area contributed by atoms with Gasteiger partial charge in [0.1, 0.15) is 0 Å².